The zero-order chi connectivity index (χ0) is 23.1. The summed E-state index contributed by atoms with van der Waals surface area (Å²) in [6.45, 7) is 13.6. The van der Waals surface area contributed by atoms with E-state index in [-0.39, 0.29) is 0 Å². The van der Waals surface area contributed by atoms with E-state index in [1.165, 1.54) is 55.5 Å². The number of methoxy groups -OCH3 is 1. The predicted octanol–water partition coefficient (Wildman–Crippen LogP) is 8.85. The Balaban J connectivity index is 3.15. The number of hydrogen-bond acceptors (Lipinski definition) is 1. The summed E-state index contributed by atoms with van der Waals surface area (Å²) in [5.41, 5.74) is 0. The highest BCUT2D eigenvalue weighted by Crippen LogP contribution is 2.34. The first-order valence-corrected chi connectivity index (χ1v) is 26.7. The molecule has 0 atom stereocenters. The van der Waals surface area contributed by atoms with Crippen LogP contribution in [0.5, 0.6) is 5.75 Å². The Morgan fingerprint density at radius 3 is 1.20 bits per heavy atom. The van der Waals surface area contributed by atoms with Crippen LogP contribution in [0.4, 0.5) is 0 Å². The van der Waals surface area contributed by atoms with Gasteiger partial charge in [0.2, 0.25) is 0 Å². The number of ether oxygens (including phenoxy) is 1. The molecule has 1 aromatic carbocycles. The highest BCUT2D eigenvalue weighted by molar-refractivity contribution is 7.19. The first-order valence-electron chi connectivity index (χ1n) is 11.4. The third-order valence-electron chi connectivity index (χ3n) is 5.98. The highest BCUT2D eigenvalue weighted by atomic mass is 35.6. The first-order chi connectivity index (χ1) is 13.7. The van der Waals surface area contributed by atoms with Gasteiger partial charge in [-0.15, -0.1) is 0 Å². The molecular weight excluding hydrogens is 499 g/mol. The molecule has 1 aromatic rings. The third-order valence-corrected chi connectivity index (χ3v) is 17.8. The molecule has 1 rings (SSSR count). The molecule has 0 spiro atoms. The summed E-state index contributed by atoms with van der Waals surface area (Å²) in [4.78, 5) is 0. The van der Waals surface area contributed by atoms with Gasteiger partial charge in [0.05, 0.1) is 15.2 Å². The Morgan fingerprint density at radius 2 is 0.933 bits per heavy atom. The van der Waals surface area contributed by atoms with E-state index in [2.05, 4.69) is 63.5 Å². The zero-order valence-electron chi connectivity index (χ0n) is 20.2. The molecule has 1 nitrogen and oxygen atoms in total. The standard InChI is InChI=1S/C22H43Cl3OSi4/c1-26-21-11-13-22(14-12-21)30(18-8-15-27(2,3)23,19-9-16-28(4,5)24)20-10-17-29(6,7)25/h11-14H,8-10,15-20H2,1-7H3. The number of halogens is 3. The average Bonchev–Trinajstić information content (AvgIpc) is 2.58. The molecule has 0 amide bonds. The van der Waals surface area contributed by atoms with Crippen LogP contribution in [0.2, 0.25) is 75.5 Å². The molecule has 0 saturated heterocycles. The maximum Gasteiger partial charge on any atom is 0.150 e. The van der Waals surface area contributed by atoms with Crippen LogP contribution in [0.25, 0.3) is 0 Å². The summed E-state index contributed by atoms with van der Waals surface area (Å²) in [5.74, 6) is 0.944. The predicted molar refractivity (Wildman–Crippen MR) is 151 cm³/mol. The molecule has 30 heavy (non-hydrogen) atoms. The van der Waals surface area contributed by atoms with Crippen LogP contribution in [-0.4, -0.2) is 37.3 Å². The topological polar surface area (TPSA) is 9.23 Å². The van der Waals surface area contributed by atoms with Crippen molar-refractivity contribution < 1.29 is 4.74 Å². The lowest BCUT2D eigenvalue weighted by Crippen LogP contribution is -2.48. The van der Waals surface area contributed by atoms with Gasteiger partial charge in [-0.1, -0.05) is 94.0 Å². The lowest BCUT2D eigenvalue weighted by Gasteiger charge is -2.35. The van der Waals surface area contributed by atoms with Gasteiger partial charge in [-0.3, -0.25) is 0 Å². The van der Waals surface area contributed by atoms with Crippen LogP contribution in [0.1, 0.15) is 19.3 Å². The molecular formula is C22H43Cl3OSi4. The van der Waals surface area contributed by atoms with Crippen molar-refractivity contribution in [1.29, 1.82) is 0 Å². The van der Waals surface area contributed by atoms with Gasteiger partial charge in [-0.05, 0) is 30.3 Å². The van der Waals surface area contributed by atoms with Crippen LogP contribution in [0.15, 0.2) is 24.3 Å². The summed E-state index contributed by atoms with van der Waals surface area (Å²) in [7, 11) is -4.58. The Hall–Kier alpha value is 0.758. The first kappa shape index (κ1) is 28.8. The van der Waals surface area contributed by atoms with Gasteiger partial charge in [0, 0.05) is 0 Å². The summed E-state index contributed by atoms with van der Waals surface area (Å²) in [5, 5.41) is 1.58. The number of hydrogen-bond donors (Lipinski definition) is 0. The minimum atomic E-state index is -1.67. The molecule has 0 N–H and O–H groups in total. The van der Waals surface area contributed by atoms with E-state index < -0.39 is 30.2 Å². The average molecular weight is 542 g/mol. The van der Waals surface area contributed by atoms with E-state index in [9.17, 15) is 0 Å². The zero-order valence-corrected chi connectivity index (χ0v) is 26.5. The Bertz CT molecular complexity index is 569. The highest BCUT2D eigenvalue weighted by Gasteiger charge is 2.36. The Labute approximate surface area is 204 Å². The fraction of sp³-hybridized carbons (Fsp3) is 0.727. The van der Waals surface area contributed by atoms with E-state index in [1.54, 1.807) is 12.3 Å². The molecule has 0 radical (unpaired) electrons. The molecule has 8 heteroatoms. The number of benzene rings is 1. The van der Waals surface area contributed by atoms with Gasteiger partial charge in [0.15, 0.2) is 0 Å². The van der Waals surface area contributed by atoms with E-state index in [1.807, 2.05) is 0 Å². The van der Waals surface area contributed by atoms with Gasteiger partial charge in [0.25, 0.3) is 0 Å². The van der Waals surface area contributed by atoms with E-state index in [0.717, 1.165) is 5.75 Å². The SMILES string of the molecule is COc1ccc([Si](CCC[Si](C)(C)Cl)(CCC[Si](C)(C)Cl)CCC[Si](C)(C)Cl)cc1. The van der Waals surface area contributed by atoms with Crippen molar-refractivity contribution >= 4 is 68.6 Å². The Kier molecular flexibility index (Phi) is 11.8. The molecule has 0 aliphatic carbocycles. The summed E-state index contributed by atoms with van der Waals surface area (Å²) >= 11 is 20.1. The molecule has 0 aromatic heterocycles. The number of rotatable bonds is 14. The summed E-state index contributed by atoms with van der Waals surface area (Å²) in [6.07, 6.45) is 3.76. The molecule has 0 aliphatic rings. The van der Waals surface area contributed by atoms with Crippen molar-refractivity contribution in [3.63, 3.8) is 0 Å². The monoisotopic (exact) mass is 540 g/mol. The smallest absolute Gasteiger partial charge is 0.150 e. The molecule has 0 fully saturated rings. The van der Waals surface area contributed by atoms with Crippen LogP contribution in [0.3, 0.4) is 0 Å². The summed E-state index contributed by atoms with van der Waals surface area (Å²) < 4.78 is 5.44. The fourth-order valence-corrected chi connectivity index (χ4v) is 14.7. The molecule has 0 bridgehead atoms. The van der Waals surface area contributed by atoms with Crippen LogP contribution in [-0.2, 0) is 0 Å². The van der Waals surface area contributed by atoms with Crippen LogP contribution in [0, 0.1) is 0 Å². The molecule has 0 aliphatic heterocycles. The van der Waals surface area contributed by atoms with Gasteiger partial charge in [-0.2, -0.15) is 33.2 Å². The van der Waals surface area contributed by atoms with Crippen LogP contribution >= 0.6 is 33.2 Å². The lowest BCUT2D eigenvalue weighted by molar-refractivity contribution is 0.415. The van der Waals surface area contributed by atoms with Crippen molar-refractivity contribution in [3.05, 3.63) is 24.3 Å². The minimum absolute atomic E-state index is 0.944. The molecule has 0 heterocycles. The van der Waals surface area contributed by atoms with Gasteiger partial charge >= 0.3 is 0 Å². The maximum atomic E-state index is 6.69. The molecule has 0 saturated carbocycles. The summed E-state index contributed by atoms with van der Waals surface area (Å²) in [6, 6.07) is 16.6. The van der Waals surface area contributed by atoms with Crippen molar-refractivity contribution in [1.82, 2.24) is 0 Å². The fourth-order valence-electron chi connectivity index (χ4n) is 4.29. The largest absolute Gasteiger partial charge is 0.497 e. The van der Waals surface area contributed by atoms with E-state index in [4.69, 9.17) is 38.0 Å². The minimum Gasteiger partial charge on any atom is -0.497 e. The van der Waals surface area contributed by atoms with E-state index in [0.29, 0.717) is 0 Å². The molecule has 174 valence electrons. The third kappa shape index (κ3) is 12.1. The van der Waals surface area contributed by atoms with Crippen molar-refractivity contribution in [2.45, 2.75) is 94.8 Å². The second kappa shape index (κ2) is 12.3. The van der Waals surface area contributed by atoms with Crippen LogP contribution < -0.4 is 9.92 Å². The quantitative estimate of drug-likeness (QED) is 0.169. The van der Waals surface area contributed by atoms with Crippen molar-refractivity contribution in [2.24, 2.45) is 0 Å². The normalized spacial score (nSPS) is 13.5. The Morgan fingerprint density at radius 1 is 0.600 bits per heavy atom. The van der Waals surface area contributed by atoms with Crippen molar-refractivity contribution in [3.8, 4) is 5.75 Å². The maximum absolute atomic E-state index is 6.69. The van der Waals surface area contributed by atoms with Gasteiger partial charge in [0.1, 0.15) is 27.9 Å². The van der Waals surface area contributed by atoms with Gasteiger partial charge < -0.3 is 4.74 Å². The van der Waals surface area contributed by atoms with Crippen molar-refractivity contribution in [2.75, 3.05) is 7.11 Å². The van der Waals surface area contributed by atoms with E-state index >= 15 is 0 Å². The second-order valence-electron chi connectivity index (χ2n) is 10.7. The van der Waals surface area contributed by atoms with Gasteiger partial charge in [-0.25, -0.2) is 0 Å². The second-order valence-corrected chi connectivity index (χ2v) is 36.4. The molecule has 0 unspecified atom stereocenters. The lowest BCUT2D eigenvalue weighted by atomic mass is 10.3.